The standard InChI is InChI=1S/C24H23N7O/c25-21-3-1-2-4-22(21)27-24(32)14-11-17-5-7-19(8-6-17)16-26-20-12-9-18(10-13-20)15-23-28-30-31-29-23/h1-14,26H,15-16,25H2,(H,27,32)(H,28,29,30,31). The lowest BCUT2D eigenvalue weighted by Gasteiger charge is -2.08. The zero-order valence-corrected chi connectivity index (χ0v) is 17.3. The van der Waals surface area contributed by atoms with Gasteiger partial charge in [-0.1, -0.05) is 48.5 Å². The first-order valence-electron chi connectivity index (χ1n) is 10.1. The maximum absolute atomic E-state index is 12.1. The largest absolute Gasteiger partial charge is 0.397 e. The monoisotopic (exact) mass is 425 g/mol. The minimum absolute atomic E-state index is 0.225. The summed E-state index contributed by atoms with van der Waals surface area (Å²) in [5, 5.41) is 20.0. The Labute approximate surface area is 185 Å². The van der Waals surface area contributed by atoms with Crippen LogP contribution in [0.3, 0.4) is 0 Å². The van der Waals surface area contributed by atoms with E-state index in [1.807, 2.05) is 60.7 Å². The van der Waals surface area contributed by atoms with Gasteiger partial charge in [-0.05, 0) is 57.5 Å². The first-order valence-corrected chi connectivity index (χ1v) is 10.1. The highest BCUT2D eigenvalue weighted by molar-refractivity contribution is 6.03. The summed E-state index contributed by atoms with van der Waals surface area (Å²) in [6.07, 6.45) is 3.93. The quantitative estimate of drug-likeness (QED) is 0.253. The summed E-state index contributed by atoms with van der Waals surface area (Å²) in [6, 6.07) is 23.4. The van der Waals surface area contributed by atoms with Crippen molar-refractivity contribution in [1.29, 1.82) is 0 Å². The van der Waals surface area contributed by atoms with E-state index in [4.69, 9.17) is 5.73 Å². The van der Waals surface area contributed by atoms with Crippen LogP contribution in [0.25, 0.3) is 6.08 Å². The topological polar surface area (TPSA) is 122 Å². The Morgan fingerprint density at radius 3 is 2.44 bits per heavy atom. The van der Waals surface area contributed by atoms with E-state index in [0.717, 1.165) is 28.2 Å². The lowest BCUT2D eigenvalue weighted by molar-refractivity contribution is -0.111. The van der Waals surface area contributed by atoms with Crippen LogP contribution >= 0.6 is 0 Å². The summed E-state index contributed by atoms with van der Waals surface area (Å²) in [6.45, 7) is 0.698. The molecule has 8 nitrogen and oxygen atoms in total. The summed E-state index contributed by atoms with van der Waals surface area (Å²) in [5.74, 6) is 0.512. The number of H-pyrrole nitrogens is 1. The number of hydrogen-bond acceptors (Lipinski definition) is 6. The van der Waals surface area contributed by atoms with Gasteiger partial charge in [0, 0.05) is 24.7 Å². The molecule has 0 bridgehead atoms. The zero-order valence-electron chi connectivity index (χ0n) is 17.3. The lowest BCUT2D eigenvalue weighted by atomic mass is 10.1. The minimum atomic E-state index is -0.225. The van der Waals surface area contributed by atoms with Gasteiger partial charge in [-0.3, -0.25) is 4.79 Å². The van der Waals surface area contributed by atoms with E-state index in [9.17, 15) is 4.79 Å². The van der Waals surface area contributed by atoms with Crippen LogP contribution in [-0.2, 0) is 17.8 Å². The molecule has 160 valence electrons. The van der Waals surface area contributed by atoms with Crippen molar-refractivity contribution < 1.29 is 4.79 Å². The highest BCUT2D eigenvalue weighted by Gasteiger charge is 2.02. The van der Waals surface area contributed by atoms with E-state index in [0.29, 0.717) is 24.3 Å². The summed E-state index contributed by atoms with van der Waals surface area (Å²) < 4.78 is 0. The van der Waals surface area contributed by atoms with E-state index >= 15 is 0 Å². The van der Waals surface area contributed by atoms with Crippen LogP contribution in [0.2, 0.25) is 0 Å². The molecule has 0 atom stereocenters. The molecule has 4 rings (SSSR count). The maximum Gasteiger partial charge on any atom is 0.248 e. The van der Waals surface area contributed by atoms with Gasteiger partial charge in [0.05, 0.1) is 11.4 Å². The molecule has 32 heavy (non-hydrogen) atoms. The predicted octanol–water partition coefficient (Wildman–Crippen LogP) is 3.64. The number of para-hydroxylation sites is 2. The molecular weight excluding hydrogens is 402 g/mol. The fraction of sp³-hybridized carbons (Fsp3) is 0.0833. The average molecular weight is 425 g/mol. The zero-order chi connectivity index (χ0) is 22.2. The van der Waals surface area contributed by atoms with Crippen molar-refractivity contribution in [3.63, 3.8) is 0 Å². The van der Waals surface area contributed by atoms with Gasteiger partial charge < -0.3 is 16.4 Å². The van der Waals surface area contributed by atoms with Gasteiger partial charge in [0.1, 0.15) is 0 Å². The molecule has 3 aromatic carbocycles. The van der Waals surface area contributed by atoms with Crippen LogP contribution in [0, 0.1) is 0 Å². The van der Waals surface area contributed by atoms with E-state index in [2.05, 4.69) is 31.3 Å². The first-order chi connectivity index (χ1) is 15.7. The summed E-state index contributed by atoms with van der Waals surface area (Å²) >= 11 is 0. The number of nitrogen functional groups attached to an aromatic ring is 1. The molecule has 5 N–H and O–H groups in total. The van der Waals surface area contributed by atoms with Crippen LogP contribution in [-0.4, -0.2) is 26.5 Å². The van der Waals surface area contributed by atoms with Crippen LogP contribution < -0.4 is 16.4 Å². The van der Waals surface area contributed by atoms with E-state index in [1.54, 1.807) is 18.2 Å². The first kappa shape index (κ1) is 20.8. The van der Waals surface area contributed by atoms with Crippen molar-refractivity contribution in [3.8, 4) is 0 Å². The van der Waals surface area contributed by atoms with Crippen molar-refractivity contribution in [3.05, 3.63) is 101 Å². The number of nitrogens with two attached hydrogens (primary N) is 1. The Morgan fingerprint density at radius 2 is 1.72 bits per heavy atom. The number of hydrogen-bond donors (Lipinski definition) is 4. The molecule has 1 aromatic heterocycles. The predicted molar refractivity (Wildman–Crippen MR) is 126 cm³/mol. The maximum atomic E-state index is 12.1. The Kier molecular flexibility index (Phi) is 6.52. The number of carbonyl (C=O) groups excluding carboxylic acids is 1. The summed E-state index contributed by atoms with van der Waals surface area (Å²) in [7, 11) is 0. The molecule has 8 heteroatoms. The fourth-order valence-corrected chi connectivity index (χ4v) is 3.10. The molecule has 0 saturated heterocycles. The van der Waals surface area contributed by atoms with Gasteiger partial charge in [-0.25, -0.2) is 5.10 Å². The number of nitrogens with zero attached hydrogens (tertiary/aromatic N) is 3. The second-order valence-electron chi connectivity index (χ2n) is 7.23. The fourth-order valence-electron chi connectivity index (χ4n) is 3.10. The molecule has 0 aliphatic carbocycles. The molecule has 0 aliphatic heterocycles. The molecule has 1 amide bonds. The molecule has 0 aliphatic rings. The normalized spacial score (nSPS) is 10.9. The third-order valence-electron chi connectivity index (χ3n) is 4.84. The summed E-state index contributed by atoms with van der Waals surface area (Å²) in [5.41, 5.74) is 11.2. The van der Waals surface area contributed by atoms with Gasteiger partial charge in [0.25, 0.3) is 0 Å². The number of anilines is 3. The second kappa shape index (κ2) is 10.0. The minimum Gasteiger partial charge on any atom is -0.397 e. The molecule has 0 saturated carbocycles. The van der Waals surface area contributed by atoms with Crippen molar-refractivity contribution >= 4 is 29.0 Å². The Balaban J connectivity index is 1.27. The highest BCUT2D eigenvalue weighted by Crippen LogP contribution is 2.17. The number of rotatable bonds is 8. The smallest absolute Gasteiger partial charge is 0.248 e. The number of amides is 1. The molecule has 0 radical (unpaired) electrons. The van der Waals surface area contributed by atoms with Gasteiger partial charge in [0.15, 0.2) is 5.82 Å². The number of nitrogens with one attached hydrogen (secondary N) is 3. The third kappa shape index (κ3) is 5.79. The Bertz CT molecular complexity index is 1180. The number of aromatic amines is 1. The Hall–Kier alpha value is -4.46. The number of aromatic nitrogens is 4. The third-order valence-corrected chi connectivity index (χ3v) is 4.84. The summed E-state index contributed by atoms with van der Waals surface area (Å²) in [4.78, 5) is 12.1. The number of tetrazole rings is 1. The van der Waals surface area contributed by atoms with Crippen molar-refractivity contribution in [2.45, 2.75) is 13.0 Å². The van der Waals surface area contributed by atoms with Crippen LogP contribution in [0.5, 0.6) is 0 Å². The van der Waals surface area contributed by atoms with E-state index in [1.165, 1.54) is 6.08 Å². The van der Waals surface area contributed by atoms with Crippen molar-refractivity contribution in [2.75, 3.05) is 16.4 Å². The molecule has 0 spiro atoms. The van der Waals surface area contributed by atoms with E-state index < -0.39 is 0 Å². The van der Waals surface area contributed by atoms with Gasteiger partial charge in [-0.15, -0.1) is 5.10 Å². The van der Waals surface area contributed by atoms with Crippen LogP contribution in [0.1, 0.15) is 22.5 Å². The van der Waals surface area contributed by atoms with Crippen molar-refractivity contribution in [1.82, 2.24) is 20.6 Å². The molecule has 0 unspecified atom stereocenters. The van der Waals surface area contributed by atoms with Gasteiger partial charge in [-0.2, -0.15) is 0 Å². The highest BCUT2D eigenvalue weighted by atomic mass is 16.1. The second-order valence-corrected chi connectivity index (χ2v) is 7.23. The number of benzene rings is 3. The molecular formula is C24H23N7O. The SMILES string of the molecule is Nc1ccccc1NC(=O)C=Cc1ccc(CNc2ccc(Cc3nnn[nH]3)cc2)cc1. The van der Waals surface area contributed by atoms with Crippen LogP contribution in [0.4, 0.5) is 17.1 Å². The van der Waals surface area contributed by atoms with Gasteiger partial charge in [0.2, 0.25) is 5.91 Å². The lowest BCUT2D eigenvalue weighted by Crippen LogP contribution is -2.09. The molecule has 1 heterocycles. The molecule has 0 fully saturated rings. The Morgan fingerprint density at radius 1 is 0.969 bits per heavy atom. The van der Waals surface area contributed by atoms with Crippen LogP contribution in [0.15, 0.2) is 78.9 Å². The van der Waals surface area contributed by atoms with E-state index in [-0.39, 0.29) is 5.91 Å². The molecule has 4 aromatic rings. The number of carbonyl (C=O) groups is 1. The van der Waals surface area contributed by atoms with Crippen molar-refractivity contribution in [2.24, 2.45) is 0 Å². The average Bonchev–Trinajstić information content (AvgIpc) is 3.33. The van der Waals surface area contributed by atoms with Gasteiger partial charge >= 0.3 is 0 Å².